The molecule has 0 amide bonds. The Labute approximate surface area is 160 Å². The minimum absolute atomic E-state index is 0.0995. The van der Waals surface area contributed by atoms with Crippen LogP contribution in [0.3, 0.4) is 0 Å². The van der Waals surface area contributed by atoms with E-state index in [4.69, 9.17) is 14.2 Å². The molecule has 26 heavy (non-hydrogen) atoms. The molecule has 0 aliphatic carbocycles. The number of rotatable bonds is 6. The van der Waals surface area contributed by atoms with Crippen LogP contribution in [0.5, 0.6) is 11.5 Å². The number of ether oxygens (including phenoxy) is 3. The van der Waals surface area contributed by atoms with Crippen LogP contribution >= 0.6 is 15.9 Å². The Hall–Kier alpha value is -2.06. The summed E-state index contributed by atoms with van der Waals surface area (Å²) in [6, 6.07) is 11.8. The van der Waals surface area contributed by atoms with E-state index in [2.05, 4.69) is 15.9 Å². The molecular weight excluding hydrogens is 424 g/mol. The topological polar surface area (TPSA) is 78.9 Å². The van der Waals surface area contributed by atoms with Crippen molar-refractivity contribution in [2.75, 3.05) is 19.0 Å². The molecule has 0 saturated heterocycles. The third-order valence-electron chi connectivity index (χ3n) is 3.76. The average molecular weight is 441 g/mol. The molecule has 0 unspecified atom stereocenters. The molecule has 1 heterocycles. The van der Waals surface area contributed by atoms with Crippen molar-refractivity contribution in [3.05, 3.63) is 52.5 Å². The second kappa shape index (κ2) is 8.09. The highest BCUT2D eigenvalue weighted by Crippen LogP contribution is 2.32. The van der Waals surface area contributed by atoms with E-state index in [0.717, 1.165) is 10.0 Å². The summed E-state index contributed by atoms with van der Waals surface area (Å²) in [4.78, 5) is 12.0. The lowest BCUT2D eigenvalue weighted by atomic mass is 10.2. The van der Waals surface area contributed by atoms with Gasteiger partial charge in [0.05, 0.1) is 17.1 Å². The van der Waals surface area contributed by atoms with Gasteiger partial charge in [-0.25, -0.2) is 8.42 Å². The summed E-state index contributed by atoms with van der Waals surface area (Å²) in [6.07, 6.45) is -0.215. The van der Waals surface area contributed by atoms with Crippen molar-refractivity contribution in [1.82, 2.24) is 0 Å². The molecule has 0 radical (unpaired) electrons. The average Bonchev–Trinajstić information content (AvgIpc) is 2.65. The molecule has 0 saturated carbocycles. The fraction of sp³-hybridized carbons (Fsp3) is 0.278. The van der Waals surface area contributed by atoms with Gasteiger partial charge in [-0.05, 0) is 29.8 Å². The van der Waals surface area contributed by atoms with Gasteiger partial charge in [-0.1, -0.05) is 28.1 Å². The number of hydrogen-bond donors (Lipinski definition) is 0. The molecule has 1 aliphatic rings. The highest BCUT2D eigenvalue weighted by Gasteiger charge is 2.21. The first-order valence-electron chi connectivity index (χ1n) is 7.96. The summed E-state index contributed by atoms with van der Waals surface area (Å²) in [5.41, 5.74) is 0.830. The first kappa shape index (κ1) is 18.7. The van der Waals surface area contributed by atoms with Crippen LogP contribution in [-0.4, -0.2) is 33.4 Å². The van der Waals surface area contributed by atoms with Crippen molar-refractivity contribution in [2.45, 2.75) is 17.9 Å². The fourth-order valence-corrected chi connectivity index (χ4v) is 3.87. The van der Waals surface area contributed by atoms with Gasteiger partial charge in [-0.15, -0.1) is 0 Å². The number of halogens is 1. The third kappa shape index (κ3) is 4.76. The second-order valence-electron chi connectivity index (χ2n) is 5.66. The molecule has 0 N–H and O–H groups in total. The predicted octanol–water partition coefficient (Wildman–Crippen LogP) is 3.13. The lowest BCUT2D eigenvalue weighted by Crippen LogP contribution is -2.17. The minimum Gasteiger partial charge on any atom is -0.486 e. The number of hydrogen-bond acceptors (Lipinski definition) is 6. The van der Waals surface area contributed by atoms with Gasteiger partial charge in [0.25, 0.3) is 0 Å². The highest BCUT2D eigenvalue weighted by molar-refractivity contribution is 9.10. The lowest BCUT2D eigenvalue weighted by molar-refractivity contribution is -0.144. The van der Waals surface area contributed by atoms with Gasteiger partial charge in [0.1, 0.15) is 19.8 Å². The van der Waals surface area contributed by atoms with Crippen LogP contribution < -0.4 is 9.47 Å². The SMILES string of the molecule is O=C(CCS(=O)(=O)c1ccc2c(c1)OCCO2)OCc1ccc(Br)cc1. The van der Waals surface area contributed by atoms with E-state index in [9.17, 15) is 13.2 Å². The predicted molar refractivity (Wildman–Crippen MR) is 98.0 cm³/mol. The number of benzene rings is 2. The first-order chi connectivity index (χ1) is 12.4. The first-order valence-corrected chi connectivity index (χ1v) is 10.4. The summed E-state index contributed by atoms with van der Waals surface area (Å²) >= 11 is 3.33. The maximum atomic E-state index is 12.4. The molecule has 0 atom stereocenters. The number of sulfone groups is 1. The van der Waals surface area contributed by atoms with Gasteiger partial charge in [-0.3, -0.25) is 4.79 Å². The molecule has 3 rings (SSSR count). The largest absolute Gasteiger partial charge is 0.486 e. The number of esters is 1. The molecule has 8 heteroatoms. The molecule has 0 aromatic heterocycles. The van der Waals surface area contributed by atoms with E-state index < -0.39 is 15.8 Å². The molecule has 0 bridgehead atoms. The van der Waals surface area contributed by atoms with Crippen LogP contribution in [0.1, 0.15) is 12.0 Å². The van der Waals surface area contributed by atoms with Crippen molar-refractivity contribution >= 4 is 31.7 Å². The molecule has 0 fully saturated rings. The Balaban J connectivity index is 1.56. The van der Waals surface area contributed by atoms with Gasteiger partial charge in [-0.2, -0.15) is 0 Å². The summed E-state index contributed by atoms with van der Waals surface area (Å²) in [6.45, 7) is 0.915. The van der Waals surface area contributed by atoms with Gasteiger partial charge < -0.3 is 14.2 Å². The Morgan fingerprint density at radius 3 is 2.46 bits per heavy atom. The van der Waals surface area contributed by atoms with E-state index in [1.165, 1.54) is 12.1 Å². The molecule has 0 spiro atoms. The highest BCUT2D eigenvalue weighted by atomic mass is 79.9. The second-order valence-corrected chi connectivity index (χ2v) is 8.69. The zero-order valence-corrected chi connectivity index (χ0v) is 16.2. The van der Waals surface area contributed by atoms with Crippen LogP contribution in [0.2, 0.25) is 0 Å². The maximum Gasteiger partial charge on any atom is 0.307 e. The monoisotopic (exact) mass is 440 g/mol. The Bertz CT molecular complexity index is 892. The minimum atomic E-state index is -3.62. The van der Waals surface area contributed by atoms with Crippen LogP contribution in [0.15, 0.2) is 51.8 Å². The molecule has 1 aliphatic heterocycles. The zero-order valence-electron chi connectivity index (χ0n) is 13.8. The Kier molecular flexibility index (Phi) is 5.83. The van der Waals surface area contributed by atoms with E-state index in [-0.39, 0.29) is 23.7 Å². The zero-order chi connectivity index (χ0) is 18.6. The van der Waals surface area contributed by atoms with Gasteiger partial charge >= 0.3 is 5.97 Å². The fourth-order valence-electron chi connectivity index (χ4n) is 2.37. The maximum absolute atomic E-state index is 12.4. The van der Waals surface area contributed by atoms with Crippen molar-refractivity contribution in [3.63, 3.8) is 0 Å². The normalized spacial score (nSPS) is 13.3. The van der Waals surface area contributed by atoms with Gasteiger partial charge in [0.2, 0.25) is 0 Å². The van der Waals surface area contributed by atoms with Crippen LogP contribution in [0.4, 0.5) is 0 Å². The van der Waals surface area contributed by atoms with Crippen molar-refractivity contribution in [2.24, 2.45) is 0 Å². The van der Waals surface area contributed by atoms with E-state index >= 15 is 0 Å². The summed E-state index contributed by atoms with van der Waals surface area (Å²) in [5.74, 6) is 0.0273. The molecule has 138 valence electrons. The molecule has 2 aromatic carbocycles. The van der Waals surface area contributed by atoms with E-state index in [0.29, 0.717) is 24.7 Å². The number of fused-ring (bicyclic) bond motifs is 1. The van der Waals surface area contributed by atoms with Gasteiger partial charge in [0.15, 0.2) is 21.3 Å². The van der Waals surface area contributed by atoms with E-state index in [1.54, 1.807) is 6.07 Å². The quantitative estimate of drug-likeness (QED) is 0.641. The lowest BCUT2D eigenvalue weighted by Gasteiger charge is -2.18. The molecule has 2 aromatic rings. The van der Waals surface area contributed by atoms with Crippen molar-refractivity contribution < 1.29 is 27.4 Å². The summed E-state index contributed by atoms with van der Waals surface area (Å²) in [5, 5.41) is 0. The van der Waals surface area contributed by atoms with Crippen LogP contribution in [-0.2, 0) is 26.0 Å². The third-order valence-corrected chi connectivity index (χ3v) is 6.00. The smallest absolute Gasteiger partial charge is 0.307 e. The Morgan fingerprint density at radius 2 is 1.73 bits per heavy atom. The van der Waals surface area contributed by atoms with Gasteiger partial charge in [0, 0.05) is 10.5 Å². The van der Waals surface area contributed by atoms with Crippen LogP contribution in [0.25, 0.3) is 0 Å². The molecular formula is C18H17BrO6S. The number of carbonyl (C=O) groups is 1. The summed E-state index contributed by atoms with van der Waals surface area (Å²) in [7, 11) is -3.62. The van der Waals surface area contributed by atoms with Crippen molar-refractivity contribution in [3.8, 4) is 11.5 Å². The molecule has 6 nitrogen and oxygen atoms in total. The Morgan fingerprint density at radius 1 is 1.04 bits per heavy atom. The standard InChI is InChI=1S/C18H17BrO6S/c19-14-3-1-13(2-4-14)12-25-18(20)7-10-26(21,22)15-5-6-16-17(11-15)24-9-8-23-16/h1-6,11H,7-10,12H2. The van der Waals surface area contributed by atoms with Crippen molar-refractivity contribution in [1.29, 1.82) is 0 Å². The van der Waals surface area contributed by atoms with E-state index in [1.807, 2.05) is 24.3 Å². The summed E-state index contributed by atoms with van der Waals surface area (Å²) < 4.78 is 41.7. The number of carbonyl (C=O) groups excluding carboxylic acids is 1. The van der Waals surface area contributed by atoms with Crippen LogP contribution in [0, 0.1) is 0 Å².